The Balaban J connectivity index is 1.81. The Hall–Kier alpha value is -2.01. The van der Waals surface area contributed by atoms with Gasteiger partial charge < -0.3 is 15.4 Å². The number of para-hydroxylation sites is 1. The molecule has 1 fully saturated rings. The molecular weight excluding hydrogens is 336 g/mol. The van der Waals surface area contributed by atoms with Crippen LogP contribution in [0.5, 0.6) is 5.75 Å². The molecule has 1 heterocycles. The number of guanidine groups is 1. The van der Waals surface area contributed by atoms with Crippen molar-refractivity contribution in [2.45, 2.75) is 45.6 Å². The van der Waals surface area contributed by atoms with E-state index in [4.69, 9.17) is 9.73 Å². The lowest BCUT2D eigenvalue weighted by molar-refractivity contribution is 0.225. The molecule has 1 saturated heterocycles. The fraction of sp³-hybridized carbons (Fsp3) is 0.591. The van der Waals surface area contributed by atoms with Crippen LogP contribution in [-0.2, 0) is 0 Å². The number of ether oxygens (including phenoxy) is 1. The average molecular weight is 373 g/mol. The molecule has 1 aromatic carbocycles. The summed E-state index contributed by atoms with van der Waals surface area (Å²) in [6.45, 7) is 15.6. The van der Waals surface area contributed by atoms with Crippen LogP contribution in [0.15, 0.2) is 41.9 Å². The van der Waals surface area contributed by atoms with E-state index < -0.39 is 0 Å². The number of benzene rings is 1. The molecule has 0 spiro atoms. The Morgan fingerprint density at radius 2 is 2.07 bits per heavy atom. The molecule has 1 aliphatic heterocycles. The normalized spacial score (nSPS) is 16.4. The van der Waals surface area contributed by atoms with Gasteiger partial charge in [-0.05, 0) is 37.3 Å². The van der Waals surface area contributed by atoms with E-state index in [1.807, 2.05) is 18.2 Å². The zero-order valence-electron chi connectivity index (χ0n) is 17.2. The van der Waals surface area contributed by atoms with E-state index in [0.717, 1.165) is 50.7 Å². The minimum Gasteiger partial charge on any atom is -0.491 e. The molecule has 1 aromatic rings. The van der Waals surface area contributed by atoms with E-state index in [-0.39, 0.29) is 0 Å². The van der Waals surface area contributed by atoms with Gasteiger partial charge in [0, 0.05) is 32.2 Å². The van der Waals surface area contributed by atoms with Gasteiger partial charge in [-0.15, -0.1) is 6.58 Å². The van der Waals surface area contributed by atoms with Gasteiger partial charge in [-0.3, -0.25) is 4.90 Å². The minimum atomic E-state index is 0.454. The van der Waals surface area contributed by atoms with Crippen molar-refractivity contribution in [1.82, 2.24) is 15.5 Å². The number of hydrogen-bond donors (Lipinski definition) is 2. The van der Waals surface area contributed by atoms with Crippen LogP contribution in [0.2, 0.25) is 0 Å². The topological polar surface area (TPSA) is 48.9 Å². The predicted octanol–water partition coefficient (Wildman–Crippen LogP) is 3.39. The highest BCUT2D eigenvalue weighted by Crippen LogP contribution is 2.25. The molecule has 0 atom stereocenters. The fourth-order valence-corrected chi connectivity index (χ4v) is 3.36. The van der Waals surface area contributed by atoms with Crippen LogP contribution in [0.25, 0.3) is 0 Å². The van der Waals surface area contributed by atoms with Crippen molar-refractivity contribution in [3.63, 3.8) is 0 Å². The second-order valence-electron chi connectivity index (χ2n) is 7.31. The molecule has 0 bridgehead atoms. The van der Waals surface area contributed by atoms with Crippen molar-refractivity contribution in [3.05, 3.63) is 42.5 Å². The minimum absolute atomic E-state index is 0.454. The number of likely N-dealkylation sites (tertiary alicyclic amines) is 1. The summed E-state index contributed by atoms with van der Waals surface area (Å²) < 4.78 is 5.98. The summed E-state index contributed by atoms with van der Waals surface area (Å²) in [4.78, 5) is 7.13. The van der Waals surface area contributed by atoms with Crippen LogP contribution in [0, 0.1) is 0 Å². The third-order valence-electron chi connectivity index (χ3n) is 4.82. The van der Waals surface area contributed by atoms with Gasteiger partial charge in [0.2, 0.25) is 0 Å². The molecule has 2 rings (SSSR count). The third kappa shape index (κ3) is 7.25. The first-order chi connectivity index (χ1) is 13.1. The van der Waals surface area contributed by atoms with Crippen molar-refractivity contribution in [3.8, 4) is 5.75 Å². The van der Waals surface area contributed by atoms with Crippen LogP contribution in [0.4, 0.5) is 0 Å². The fourth-order valence-electron chi connectivity index (χ4n) is 3.36. The maximum Gasteiger partial charge on any atom is 0.191 e. The summed E-state index contributed by atoms with van der Waals surface area (Å²) in [6, 6.07) is 8.74. The van der Waals surface area contributed by atoms with Gasteiger partial charge >= 0.3 is 0 Å². The largest absolute Gasteiger partial charge is 0.491 e. The second kappa shape index (κ2) is 11.7. The van der Waals surface area contributed by atoms with Crippen LogP contribution in [-0.4, -0.2) is 56.2 Å². The number of piperidine rings is 1. The van der Waals surface area contributed by atoms with E-state index in [1.165, 1.54) is 5.56 Å². The number of nitrogens with one attached hydrogen (secondary N) is 2. The molecule has 0 aliphatic carbocycles. The number of rotatable bonds is 9. The van der Waals surface area contributed by atoms with Crippen molar-refractivity contribution in [1.29, 1.82) is 0 Å². The summed E-state index contributed by atoms with van der Waals surface area (Å²) in [5.41, 5.74) is 1.25. The van der Waals surface area contributed by atoms with Crippen molar-refractivity contribution in [2.24, 2.45) is 4.99 Å². The summed E-state index contributed by atoms with van der Waals surface area (Å²) >= 11 is 0. The molecule has 2 N–H and O–H groups in total. The Morgan fingerprint density at radius 3 is 2.74 bits per heavy atom. The highest BCUT2D eigenvalue weighted by molar-refractivity contribution is 5.80. The lowest BCUT2D eigenvalue weighted by Crippen LogP contribution is -2.48. The molecule has 5 nitrogen and oxygen atoms in total. The van der Waals surface area contributed by atoms with Gasteiger partial charge in [0.15, 0.2) is 5.96 Å². The smallest absolute Gasteiger partial charge is 0.191 e. The number of aliphatic imine (C=N–C) groups is 1. The van der Waals surface area contributed by atoms with E-state index >= 15 is 0 Å². The van der Waals surface area contributed by atoms with Gasteiger partial charge in [0.1, 0.15) is 12.4 Å². The monoisotopic (exact) mass is 372 g/mol. The summed E-state index contributed by atoms with van der Waals surface area (Å²) in [6.07, 6.45) is 4.25. The molecule has 1 aliphatic rings. The molecular formula is C22H36N4O. The van der Waals surface area contributed by atoms with E-state index in [9.17, 15) is 0 Å². The van der Waals surface area contributed by atoms with Gasteiger partial charge in [0.05, 0.1) is 6.54 Å². The Bertz CT molecular complexity index is 592. The molecule has 0 amide bonds. The van der Waals surface area contributed by atoms with E-state index in [1.54, 1.807) is 0 Å². The van der Waals surface area contributed by atoms with Crippen LogP contribution in [0.1, 0.15) is 45.1 Å². The maximum atomic E-state index is 5.98. The lowest BCUT2D eigenvalue weighted by atomic mass is 10.0. The molecule has 0 radical (unpaired) electrons. The zero-order chi connectivity index (χ0) is 19.5. The predicted molar refractivity (Wildman–Crippen MR) is 115 cm³/mol. The second-order valence-corrected chi connectivity index (χ2v) is 7.31. The van der Waals surface area contributed by atoms with Crippen molar-refractivity contribution < 1.29 is 4.74 Å². The molecule has 27 heavy (non-hydrogen) atoms. The average Bonchev–Trinajstić information content (AvgIpc) is 2.67. The quantitative estimate of drug-likeness (QED) is 0.302. The SMILES string of the molecule is C=CCN1CCC(NC(=NCCOc2ccccc2C(C)C)NCC)CC1. The standard InChI is InChI=1S/C22H36N4O/c1-5-14-26-15-11-19(12-16-26)25-22(23-6-2)24-13-17-27-21-10-8-7-9-20(21)18(3)4/h5,7-10,18-19H,1,6,11-17H2,2-4H3,(H2,23,24,25). The number of hydrogen-bond acceptors (Lipinski definition) is 3. The summed E-state index contributed by atoms with van der Waals surface area (Å²) in [5, 5.41) is 6.93. The molecule has 0 aromatic heterocycles. The summed E-state index contributed by atoms with van der Waals surface area (Å²) in [7, 11) is 0. The molecule has 0 unspecified atom stereocenters. The molecule has 150 valence electrons. The van der Waals surface area contributed by atoms with Gasteiger partial charge in [-0.1, -0.05) is 38.1 Å². The molecule has 0 saturated carbocycles. The zero-order valence-corrected chi connectivity index (χ0v) is 17.2. The molecule has 5 heteroatoms. The first-order valence-electron chi connectivity index (χ1n) is 10.2. The highest BCUT2D eigenvalue weighted by Gasteiger charge is 2.19. The lowest BCUT2D eigenvalue weighted by Gasteiger charge is -2.32. The summed E-state index contributed by atoms with van der Waals surface area (Å²) in [5.74, 6) is 2.31. The van der Waals surface area contributed by atoms with Gasteiger partial charge in [-0.25, -0.2) is 4.99 Å². The van der Waals surface area contributed by atoms with Crippen molar-refractivity contribution >= 4 is 5.96 Å². The van der Waals surface area contributed by atoms with Crippen molar-refractivity contribution in [2.75, 3.05) is 39.3 Å². The van der Waals surface area contributed by atoms with Crippen LogP contribution >= 0.6 is 0 Å². The maximum absolute atomic E-state index is 5.98. The third-order valence-corrected chi connectivity index (χ3v) is 4.82. The van der Waals surface area contributed by atoms with Crippen LogP contribution < -0.4 is 15.4 Å². The first-order valence-corrected chi connectivity index (χ1v) is 10.2. The highest BCUT2D eigenvalue weighted by atomic mass is 16.5. The van der Waals surface area contributed by atoms with Gasteiger partial charge in [-0.2, -0.15) is 0 Å². The Morgan fingerprint density at radius 1 is 1.33 bits per heavy atom. The van der Waals surface area contributed by atoms with E-state index in [2.05, 4.69) is 55.0 Å². The van der Waals surface area contributed by atoms with Gasteiger partial charge in [0.25, 0.3) is 0 Å². The number of nitrogens with zero attached hydrogens (tertiary/aromatic N) is 2. The van der Waals surface area contributed by atoms with Crippen LogP contribution in [0.3, 0.4) is 0 Å². The van der Waals surface area contributed by atoms with E-state index in [0.29, 0.717) is 25.1 Å². The Labute approximate surface area is 164 Å². The Kier molecular flexibility index (Phi) is 9.19. The first kappa shape index (κ1) is 21.3.